The first-order valence-electron chi connectivity index (χ1n) is 9.25. The Balaban J connectivity index is 1.51. The number of thioether (sulfide) groups is 1. The van der Waals surface area contributed by atoms with E-state index >= 15 is 0 Å². The summed E-state index contributed by atoms with van der Waals surface area (Å²) in [7, 11) is 0. The maximum Gasteiger partial charge on any atom is 0.239 e. The van der Waals surface area contributed by atoms with E-state index in [0.29, 0.717) is 5.69 Å². The maximum absolute atomic E-state index is 13.3. The van der Waals surface area contributed by atoms with Crippen molar-refractivity contribution in [2.45, 2.75) is 12.1 Å². The van der Waals surface area contributed by atoms with Crippen LogP contribution in [0.25, 0.3) is 6.08 Å². The number of carbonyl (C=O) groups excluding carboxylic acids is 2. The lowest BCUT2D eigenvalue weighted by molar-refractivity contribution is -0.123. The number of fused-ring (bicyclic) bond motifs is 3. The van der Waals surface area contributed by atoms with E-state index < -0.39 is 0 Å². The topological polar surface area (TPSA) is 40.6 Å². The maximum atomic E-state index is 13.3. The molecule has 0 aromatic heterocycles. The van der Waals surface area contributed by atoms with Crippen LogP contribution in [0, 0.1) is 11.8 Å². The molecule has 0 N–H and O–H groups in total. The van der Waals surface area contributed by atoms with Crippen molar-refractivity contribution in [3.05, 3.63) is 72.3 Å². The molecule has 27 heavy (non-hydrogen) atoms. The zero-order valence-corrected chi connectivity index (χ0v) is 15.6. The lowest BCUT2D eigenvalue weighted by Crippen LogP contribution is -2.42. The molecule has 3 aliphatic heterocycles. The monoisotopic (exact) mass is 376 g/mol. The number of para-hydroxylation sites is 1. The SMILES string of the molecule is O=C1[C@@H]2[C@H](C(=O)N1c1ccccc1)[C@H]1CSCN1[C@@H]2/C=C/c1ccccc1. The highest BCUT2D eigenvalue weighted by Crippen LogP contribution is 2.48. The van der Waals surface area contributed by atoms with E-state index in [-0.39, 0.29) is 35.7 Å². The largest absolute Gasteiger partial charge is 0.282 e. The first kappa shape index (κ1) is 16.8. The highest BCUT2D eigenvalue weighted by molar-refractivity contribution is 7.99. The molecule has 4 atom stereocenters. The molecular formula is C22H20N2O2S. The molecule has 0 aliphatic carbocycles. The fourth-order valence-corrected chi connectivity index (χ4v) is 5.93. The smallest absolute Gasteiger partial charge is 0.239 e. The Labute approximate surface area is 162 Å². The normalized spacial score (nSPS) is 30.3. The summed E-state index contributed by atoms with van der Waals surface area (Å²) in [4.78, 5) is 30.3. The minimum absolute atomic E-state index is 0.0274. The van der Waals surface area contributed by atoms with Crippen molar-refractivity contribution < 1.29 is 9.59 Å². The number of imide groups is 1. The Morgan fingerprint density at radius 2 is 1.56 bits per heavy atom. The summed E-state index contributed by atoms with van der Waals surface area (Å²) in [5, 5.41) is 0. The minimum Gasteiger partial charge on any atom is -0.282 e. The van der Waals surface area contributed by atoms with E-state index in [9.17, 15) is 9.59 Å². The quantitative estimate of drug-likeness (QED) is 0.771. The van der Waals surface area contributed by atoms with Crippen LogP contribution >= 0.6 is 11.8 Å². The third-order valence-electron chi connectivity index (χ3n) is 5.82. The van der Waals surface area contributed by atoms with Crippen LogP contribution < -0.4 is 4.90 Å². The summed E-state index contributed by atoms with van der Waals surface area (Å²) in [6.45, 7) is 0. The molecule has 136 valence electrons. The first-order valence-corrected chi connectivity index (χ1v) is 10.4. The van der Waals surface area contributed by atoms with Gasteiger partial charge in [-0.1, -0.05) is 60.7 Å². The van der Waals surface area contributed by atoms with E-state index in [2.05, 4.69) is 29.2 Å². The first-order chi connectivity index (χ1) is 13.3. The van der Waals surface area contributed by atoms with Gasteiger partial charge in [0, 0.05) is 23.7 Å². The second kappa shape index (κ2) is 6.66. The number of benzene rings is 2. The molecule has 5 rings (SSSR count). The summed E-state index contributed by atoms with van der Waals surface area (Å²) < 4.78 is 0. The molecule has 0 spiro atoms. The van der Waals surface area contributed by atoms with Crippen LogP contribution in [0.5, 0.6) is 0 Å². The minimum atomic E-state index is -0.288. The highest BCUT2D eigenvalue weighted by Gasteiger charge is 2.62. The summed E-state index contributed by atoms with van der Waals surface area (Å²) in [6, 6.07) is 19.6. The van der Waals surface area contributed by atoms with Gasteiger partial charge >= 0.3 is 0 Å². The second-order valence-corrected chi connectivity index (χ2v) is 8.24. The number of hydrogen-bond acceptors (Lipinski definition) is 4. The number of anilines is 1. The van der Waals surface area contributed by atoms with E-state index in [4.69, 9.17) is 0 Å². The van der Waals surface area contributed by atoms with Crippen molar-refractivity contribution in [1.29, 1.82) is 0 Å². The van der Waals surface area contributed by atoms with Crippen molar-refractivity contribution >= 4 is 35.3 Å². The molecule has 0 unspecified atom stereocenters. The highest BCUT2D eigenvalue weighted by atomic mass is 32.2. The number of hydrogen-bond donors (Lipinski definition) is 0. The van der Waals surface area contributed by atoms with Gasteiger partial charge in [-0.15, -0.1) is 11.8 Å². The van der Waals surface area contributed by atoms with Gasteiger partial charge in [0.15, 0.2) is 0 Å². The number of amides is 2. The third kappa shape index (κ3) is 2.65. The Morgan fingerprint density at radius 1 is 0.889 bits per heavy atom. The molecule has 5 heteroatoms. The predicted molar refractivity (Wildman–Crippen MR) is 108 cm³/mol. The molecule has 2 aromatic rings. The molecule has 2 aromatic carbocycles. The standard InChI is InChI=1S/C22H20N2O2S/c25-21-19-17(12-11-15-7-3-1-4-8-15)23-14-27-13-18(23)20(19)22(26)24(21)16-9-5-2-6-10-16/h1-12,17-20H,13-14H2/b12-11+/t17-,18-,19+,20-/m1/s1. The predicted octanol–water partition coefficient (Wildman–Crippen LogP) is 3.26. The van der Waals surface area contributed by atoms with Gasteiger partial charge in [0.1, 0.15) is 0 Å². The van der Waals surface area contributed by atoms with Crippen molar-refractivity contribution in [1.82, 2.24) is 4.90 Å². The molecule has 3 heterocycles. The zero-order chi connectivity index (χ0) is 18.4. The van der Waals surface area contributed by atoms with Crippen molar-refractivity contribution in [3.63, 3.8) is 0 Å². The average molecular weight is 376 g/mol. The Hall–Kier alpha value is -2.37. The second-order valence-electron chi connectivity index (χ2n) is 7.24. The number of rotatable bonds is 3. The van der Waals surface area contributed by atoms with Crippen LogP contribution in [0.15, 0.2) is 66.7 Å². The Kier molecular flexibility index (Phi) is 4.14. The van der Waals surface area contributed by atoms with Crippen molar-refractivity contribution in [2.24, 2.45) is 11.8 Å². The van der Waals surface area contributed by atoms with Gasteiger partial charge in [0.25, 0.3) is 0 Å². The lowest BCUT2D eigenvalue weighted by atomic mass is 9.89. The molecule has 4 nitrogen and oxygen atoms in total. The fraction of sp³-hybridized carbons (Fsp3) is 0.273. The molecule has 0 bridgehead atoms. The molecule has 2 amide bonds. The third-order valence-corrected chi connectivity index (χ3v) is 6.88. The van der Waals surface area contributed by atoms with Crippen molar-refractivity contribution in [3.8, 4) is 0 Å². The van der Waals surface area contributed by atoms with E-state index in [1.54, 1.807) is 0 Å². The summed E-state index contributed by atoms with van der Waals surface area (Å²) in [6.07, 6.45) is 4.20. The van der Waals surface area contributed by atoms with Gasteiger partial charge < -0.3 is 0 Å². The van der Waals surface area contributed by atoms with E-state index in [0.717, 1.165) is 17.2 Å². The van der Waals surface area contributed by atoms with Crippen LogP contribution in [0.4, 0.5) is 5.69 Å². The van der Waals surface area contributed by atoms with E-state index in [1.165, 1.54) is 4.90 Å². The Bertz CT molecular complexity index is 899. The average Bonchev–Trinajstić information content (AvgIpc) is 3.34. The van der Waals surface area contributed by atoms with Gasteiger partial charge in [0.2, 0.25) is 11.8 Å². The van der Waals surface area contributed by atoms with Crippen LogP contribution in [-0.2, 0) is 9.59 Å². The van der Waals surface area contributed by atoms with Crippen LogP contribution in [0.3, 0.4) is 0 Å². The van der Waals surface area contributed by atoms with Crippen LogP contribution in [0.2, 0.25) is 0 Å². The molecule has 3 saturated heterocycles. The van der Waals surface area contributed by atoms with Crippen LogP contribution in [-0.4, -0.2) is 40.4 Å². The van der Waals surface area contributed by atoms with Gasteiger partial charge in [0.05, 0.1) is 17.5 Å². The summed E-state index contributed by atoms with van der Waals surface area (Å²) >= 11 is 1.85. The van der Waals surface area contributed by atoms with Gasteiger partial charge in [-0.3, -0.25) is 14.5 Å². The van der Waals surface area contributed by atoms with Gasteiger partial charge in [-0.2, -0.15) is 0 Å². The van der Waals surface area contributed by atoms with Gasteiger partial charge in [-0.25, -0.2) is 4.90 Å². The van der Waals surface area contributed by atoms with E-state index in [1.807, 2.05) is 60.3 Å². The number of nitrogens with zero attached hydrogens (tertiary/aromatic N) is 2. The molecule has 0 saturated carbocycles. The molecule has 3 aliphatic rings. The lowest BCUT2D eigenvalue weighted by Gasteiger charge is -2.25. The zero-order valence-electron chi connectivity index (χ0n) is 14.8. The summed E-state index contributed by atoms with van der Waals surface area (Å²) in [5.74, 6) is 1.18. The molecular weight excluding hydrogens is 356 g/mol. The molecule has 3 fully saturated rings. The summed E-state index contributed by atoms with van der Waals surface area (Å²) in [5.41, 5.74) is 1.80. The molecule has 0 radical (unpaired) electrons. The number of carbonyl (C=O) groups is 2. The Morgan fingerprint density at radius 3 is 2.30 bits per heavy atom. The van der Waals surface area contributed by atoms with Gasteiger partial charge in [-0.05, 0) is 17.7 Å². The fourth-order valence-electron chi connectivity index (χ4n) is 4.61. The van der Waals surface area contributed by atoms with Crippen LogP contribution in [0.1, 0.15) is 5.56 Å². The van der Waals surface area contributed by atoms with Crippen molar-refractivity contribution in [2.75, 3.05) is 16.5 Å².